The minimum Gasteiger partial charge on any atom is -0.289 e. The van der Waals surface area contributed by atoms with Crippen molar-refractivity contribution in [2.24, 2.45) is 0 Å². The molecule has 0 radical (unpaired) electrons. The molecule has 11 heavy (non-hydrogen) atoms. The number of allylic oxidation sites excluding steroid dienone is 4. The Kier molecular flexibility index (Phi) is 3.17. The van der Waals surface area contributed by atoms with E-state index >= 15 is 0 Å². The SMILES string of the molecule is O=C1C=CC(Br)(Br)C(Br)=C1Br. The van der Waals surface area contributed by atoms with E-state index in [2.05, 4.69) is 63.7 Å². The molecule has 0 heterocycles. The predicted molar refractivity (Wildman–Crippen MR) is 59.6 cm³/mol. The maximum Gasteiger partial charge on any atom is 0.193 e. The highest BCUT2D eigenvalue weighted by Gasteiger charge is 2.30. The fraction of sp³-hybridized carbons (Fsp3) is 0.167. The van der Waals surface area contributed by atoms with Crippen molar-refractivity contribution >= 4 is 69.5 Å². The summed E-state index contributed by atoms with van der Waals surface area (Å²) in [5.74, 6) is -0.0357. The highest BCUT2D eigenvalue weighted by atomic mass is 79.9. The Morgan fingerprint density at radius 3 is 2.27 bits per heavy atom. The Balaban J connectivity index is 3.14. The molecule has 0 spiro atoms. The Labute approximate surface area is 97.8 Å². The van der Waals surface area contributed by atoms with Crippen LogP contribution in [0.1, 0.15) is 0 Å². The molecule has 1 nitrogen and oxygen atoms in total. The lowest BCUT2D eigenvalue weighted by Crippen LogP contribution is -2.15. The molecule has 0 N–H and O–H groups in total. The van der Waals surface area contributed by atoms with Crippen molar-refractivity contribution in [1.82, 2.24) is 0 Å². The predicted octanol–water partition coefficient (Wildman–Crippen LogP) is 3.61. The maximum atomic E-state index is 11.0. The van der Waals surface area contributed by atoms with Gasteiger partial charge in [0.25, 0.3) is 0 Å². The van der Waals surface area contributed by atoms with E-state index in [1.807, 2.05) is 0 Å². The van der Waals surface area contributed by atoms with Crippen molar-refractivity contribution < 1.29 is 4.79 Å². The molecule has 0 aromatic heterocycles. The molecular weight excluding hydrogens is 408 g/mol. The van der Waals surface area contributed by atoms with Crippen molar-refractivity contribution in [1.29, 1.82) is 0 Å². The molecule has 0 aromatic carbocycles. The van der Waals surface area contributed by atoms with Gasteiger partial charge in [-0.05, 0) is 28.1 Å². The number of ketones is 1. The summed E-state index contributed by atoms with van der Waals surface area (Å²) in [5.41, 5.74) is 0. The zero-order valence-electron chi connectivity index (χ0n) is 5.07. The summed E-state index contributed by atoms with van der Waals surface area (Å²) in [6.45, 7) is 0. The van der Waals surface area contributed by atoms with Gasteiger partial charge < -0.3 is 0 Å². The first-order valence-electron chi connectivity index (χ1n) is 2.62. The van der Waals surface area contributed by atoms with Crippen LogP contribution in [0.3, 0.4) is 0 Å². The molecule has 5 heteroatoms. The summed E-state index contributed by atoms with van der Waals surface area (Å²) in [7, 11) is 0. The third-order valence-electron chi connectivity index (χ3n) is 1.15. The molecule has 0 unspecified atom stereocenters. The van der Waals surface area contributed by atoms with Crippen LogP contribution in [0, 0.1) is 0 Å². The first kappa shape index (κ1) is 10.2. The number of rotatable bonds is 0. The third-order valence-corrected chi connectivity index (χ3v) is 5.87. The van der Waals surface area contributed by atoms with Crippen molar-refractivity contribution in [3.8, 4) is 0 Å². The third kappa shape index (κ3) is 2.05. The zero-order valence-corrected chi connectivity index (χ0v) is 11.4. The van der Waals surface area contributed by atoms with E-state index in [0.717, 1.165) is 4.48 Å². The number of carbonyl (C=O) groups is 1. The maximum absolute atomic E-state index is 11.0. The van der Waals surface area contributed by atoms with Gasteiger partial charge in [0.2, 0.25) is 0 Å². The van der Waals surface area contributed by atoms with Gasteiger partial charge in [-0.3, -0.25) is 4.79 Å². The van der Waals surface area contributed by atoms with Gasteiger partial charge in [0.15, 0.2) is 5.78 Å². The lowest BCUT2D eigenvalue weighted by molar-refractivity contribution is -0.110. The normalized spacial score (nSPS) is 22.7. The van der Waals surface area contributed by atoms with Crippen molar-refractivity contribution in [3.05, 3.63) is 21.1 Å². The molecule has 1 aliphatic rings. The van der Waals surface area contributed by atoms with Gasteiger partial charge in [0, 0.05) is 4.48 Å². The van der Waals surface area contributed by atoms with E-state index < -0.39 is 3.23 Å². The molecule has 60 valence electrons. The van der Waals surface area contributed by atoms with E-state index in [9.17, 15) is 4.79 Å². The second-order valence-corrected chi connectivity index (χ2v) is 7.10. The standard InChI is InChI=1S/C6H2Br4O/c7-4-3(11)1-2-6(9,10)5(4)8/h1-2H. The molecule has 0 bridgehead atoms. The van der Waals surface area contributed by atoms with Gasteiger partial charge in [-0.25, -0.2) is 0 Å². The molecule has 1 rings (SSSR count). The van der Waals surface area contributed by atoms with E-state index in [0.29, 0.717) is 4.48 Å². The van der Waals surface area contributed by atoms with Crippen molar-refractivity contribution in [2.75, 3.05) is 0 Å². The summed E-state index contributed by atoms with van der Waals surface area (Å²) in [6.07, 6.45) is 3.22. The van der Waals surface area contributed by atoms with Gasteiger partial charge in [0.05, 0.1) is 4.48 Å². The molecule has 0 saturated heterocycles. The summed E-state index contributed by atoms with van der Waals surface area (Å²) in [4.78, 5) is 11.0. The smallest absolute Gasteiger partial charge is 0.193 e. The summed E-state index contributed by atoms with van der Waals surface area (Å²) < 4.78 is 0.846. The molecule has 0 atom stereocenters. The first-order valence-corrected chi connectivity index (χ1v) is 5.79. The Hall–Kier alpha value is 1.07. The van der Waals surface area contributed by atoms with Crippen LogP contribution in [0.4, 0.5) is 0 Å². The van der Waals surface area contributed by atoms with Crippen LogP contribution in [0.25, 0.3) is 0 Å². The van der Waals surface area contributed by atoms with Gasteiger partial charge in [0.1, 0.15) is 3.23 Å². The quantitative estimate of drug-likeness (QED) is 0.559. The van der Waals surface area contributed by atoms with Crippen LogP contribution in [-0.2, 0) is 4.79 Å². The molecule has 0 saturated carbocycles. The highest BCUT2D eigenvalue weighted by Crippen LogP contribution is 2.44. The second kappa shape index (κ2) is 3.44. The zero-order chi connectivity index (χ0) is 8.65. The van der Waals surface area contributed by atoms with Crippen LogP contribution in [0.15, 0.2) is 21.1 Å². The molecule has 0 fully saturated rings. The fourth-order valence-electron chi connectivity index (χ4n) is 0.581. The molecule has 0 aromatic rings. The number of alkyl halides is 2. The molecule has 1 aliphatic carbocycles. The lowest BCUT2D eigenvalue weighted by atomic mass is 10.2. The average Bonchev–Trinajstić information content (AvgIpc) is 1.95. The summed E-state index contributed by atoms with van der Waals surface area (Å²) in [5, 5.41) is 0. The van der Waals surface area contributed by atoms with Gasteiger partial charge in [-0.2, -0.15) is 0 Å². The van der Waals surface area contributed by atoms with E-state index in [1.54, 1.807) is 6.08 Å². The Morgan fingerprint density at radius 2 is 1.82 bits per heavy atom. The van der Waals surface area contributed by atoms with Crippen molar-refractivity contribution in [2.45, 2.75) is 3.23 Å². The minimum absolute atomic E-state index is 0.0357. The monoisotopic (exact) mass is 406 g/mol. The second-order valence-electron chi connectivity index (χ2n) is 1.95. The number of hydrogen-bond donors (Lipinski definition) is 0. The largest absolute Gasteiger partial charge is 0.289 e. The first-order chi connectivity index (χ1) is 4.95. The van der Waals surface area contributed by atoms with Crippen LogP contribution >= 0.6 is 63.7 Å². The molecule has 0 amide bonds. The number of halogens is 4. The highest BCUT2D eigenvalue weighted by molar-refractivity contribution is 9.26. The summed E-state index contributed by atoms with van der Waals surface area (Å²) >= 11 is 13.2. The van der Waals surface area contributed by atoms with Gasteiger partial charge in [-0.15, -0.1) is 0 Å². The topological polar surface area (TPSA) is 17.1 Å². The Bertz CT molecular complexity index is 264. The van der Waals surface area contributed by atoms with E-state index in [4.69, 9.17) is 0 Å². The van der Waals surface area contributed by atoms with Crippen LogP contribution in [0.5, 0.6) is 0 Å². The summed E-state index contributed by atoms with van der Waals surface area (Å²) in [6, 6.07) is 0. The van der Waals surface area contributed by atoms with Crippen LogP contribution < -0.4 is 0 Å². The molecule has 0 aliphatic heterocycles. The molecular formula is C6H2Br4O. The lowest BCUT2D eigenvalue weighted by Gasteiger charge is -2.19. The number of hydrogen-bond acceptors (Lipinski definition) is 1. The van der Waals surface area contributed by atoms with Crippen LogP contribution in [-0.4, -0.2) is 9.02 Å². The van der Waals surface area contributed by atoms with E-state index in [-0.39, 0.29) is 5.78 Å². The van der Waals surface area contributed by atoms with Crippen molar-refractivity contribution in [3.63, 3.8) is 0 Å². The van der Waals surface area contributed by atoms with E-state index in [1.165, 1.54) is 6.08 Å². The van der Waals surface area contributed by atoms with Gasteiger partial charge in [-0.1, -0.05) is 47.8 Å². The number of carbonyl (C=O) groups excluding carboxylic acids is 1. The Morgan fingerprint density at radius 1 is 1.27 bits per heavy atom. The minimum atomic E-state index is -0.438. The van der Waals surface area contributed by atoms with Gasteiger partial charge >= 0.3 is 0 Å². The fourth-order valence-corrected chi connectivity index (χ4v) is 2.55. The van der Waals surface area contributed by atoms with Crippen LogP contribution in [0.2, 0.25) is 0 Å². The average molecular weight is 410 g/mol.